The molecule has 1 aromatic rings. The van der Waals surface area contributed by atoms with E-state index >= 15 is 0 Å². The summed E-state index contributed by atoms with van der Waals surface area (Å²) in [7, 11) is 2.01. The van der Waals surface area contributed by atoms with Gasteiger partial charge >= 0.3 is 5.97 Å². The first kappa shape index (κ1) is 13.3. The van der Waals surface area contributed by atoms with Crippen LogP contribution in [0.5, 0.6) is 0 Å². The van der Waals surface area contributed by atoms with E-state index in [2.05, 4.69) is 15.0 Å². The lowest BCUT2D eigenvalue weighted by atomic mass is 10.3. The van der Waals surface area contributed by atoms with E-state index in [0.717, 1.165) is 13.1 Å². The minimum atomic E-state index is -0.850. The number of thioether (sulfide) groups is 1. The number of ether oxygens (including phenoxy) is 1. The van der Waals surface area contributed by atoms with E-state index in [0.29, 0.717) is 24.1 Å². The Kier molecular flexibility index (Phi) is 4.56. The molecule has 1 saturated heterocycles. The zero-order valence-corrected chi connectivity index (χ0v) is 10.9. The van der Waals surface area contributed by atoms with Crippen molar-refractivity contribution in [1.82, 2.24) is 15.0 Å². The fourth-order valence-corrected chi connectivity index (χ4v) is 2.19. The topological polar surface area (TPSA) is 88.7 Å². The summed E-state index contributed by atoms with van der Waals surface area (Å²) < 4.78 is 10.6. The maximum Gasteiger partial charge on any atom is 0.313 e. The van der Waals surface area contributed by atoms with E-state index in [1.807, 2.05) is 7.05 Å². The maximum atomic E-state index is 10.4. The van der Waals surface area contributed by atoms with Gasteiger partial charge in [-0.3, -0.25) is 4.79 Å². The molecule has 1 N–H and O–H groups in total. The molecule has 18 heavy (non-hydrogen) atoms. The van der Waals surface area contributed by atoms with Gasteiger partial charge in [-0.15, -0.1) is 11.8 Å². The number of carboxylic acids is 1. The first-order valence-electron chi connectivity index (χ1n) is 5.57. The number of carboxylic acid groups (broad SMARTS) is 1. The third-order valence-corrected chi connectivity index (χ3v) is 3.39. The molecule has 0 bridgehead atoms. The standard InChI is InChI=1S/C10H15N3O4S/c1-13-2-3-16-7(4-13)10-11-8(17-12-10)5-18-6-9(14)15/h7H,2-6H2,1H3,(H,14,15). The summed E-state index contributed by atoms with van der Waals surface area (Å²) in [4.78, 5) is 16.7. The molecule has 2 heterocycles. The number of rotatable bonds is 5. The Balaban J connectivity index is 1.87. The van der Waals surface area contributed by atoms with Crippen LogP contribution in [0.1, 0.15) is 17.8 Å². The Morgan fingerprint density at radius 3 is 3.22 bits per heavy atom. The van der Waals surface area contributed by atoms with Crippen molar-refractivity contribution >= 4 is 17.7 Å². The number of morpholine rings is 1. The molecule has 2 rings (SSSR count). The van der Waals surface area contributed by atoms with Crippen LogP contribution in [-0.2, 0) is 15.3 Å². The summed E-state index contributed by atoms with van der Waals surface area (Å²) >= 11 is 1.23. The highest BCUT2D eigenvalue weighted by atomic mass is 32.2. The average Bonchev–Trinajstić information content (AvgIpc) is 2.77. The average molecular weight is 273 g/mol. The molecule has 1 aliphatic rings. The lowest BCUT2D eigenvalue weighted by Gasteiger charge is -2.27. The Morgan fingerprint density at radius 2 is 2.50 bits per heavy atom. The van der Waals surface area contributed by atoms with E-state index < -0.39 is 5.97 Å². The van der Waals surface area contributed by atoms with Crippen LogP contribution in [0.4, 0.5) is 0 Å². The Hall–Kier alpha value is -1.12. The molecule has 1 aromatic heterocycles. The zero-order chi connectivity index (χ0) is 13.0. The number of hydrogen-bond acceptors (Lipinski definition) is 7. The van der Waals surface area contributed by atoms with Crippen LogP contribution in [-0.4, -0.2) is 58.6 Å². The van der Waals surface area contributed by atoms with Crippen molar-refractivity contribution in [3.8, 4) is 0 Å². The number of likely N-dealkylation sites (N-methyl/N-ethyl adjacent to an activating group) is 1. The van der Waals surface area contributed by atoms with E-state index in [4.69, 9.17) is 14.4 Å². The molecule has 0 saturated carbocycles. The van der Waals surface area contributed by atoms with Crippen LogP contribution < -0.4 is 0 Å². The molecule has 1 atom stereocenters. The largest absolute Gasteiger partial charge is 0.481 e. The van der Waals surface area contributed by atoms with Gasteiger partial charge in [0.05, 0.1) is 18.1 Å². The predicted molar refractivity (Wildman–Crippen MR) is 64.3 cm³/mol. The minimum Gasteiger partial charge on any atom is -0.481 e. The molecule has 0 aliphatic carbocycles. The molecular weight excluding hydrogens is 258 g/mol. The van der Waals surface area contributed by atoms with E-state index in [1.54, 1.807) is 0 Å². The smallest absolute Gasteiger partial charge is 0.313 e. The summed E-state index contributed by atoms with van der Waals surface area (Å²) in [5.74, 6) is 0.555. The summed E-state index contributed by atoms with van der Waals surface area (Å²) in [6, 6.07) is 0. The number of hydrogen-bond donors (Lipinski definition) is 1. The SMILES string of the molecule is CN1CCOC(c2noc(CSCC(=O)O)n2)C1. The first-order valence-corrected chi connectivity index (χ1v) is 6.73. The van der Waals surface area contributed by atoms with Crippen LogP contribution >= 0.6 is 11.8 Å². The van der Waals surface area contributed by atoms with Gasteiger partial charge in [0, 0.05) is 13.1 Å². The Bertz CT molecular complexity index is 412. The van der Waals surface area contributed by atoms with Crippen LogP contribution in [0, 0.1) is 0 Å². The van der Waals surface area contributed by atoms with Crippen molar-refractivity contribution in [2.45, 2.75) is 11.9 Å². The molecular formula is C10H15N3O4S. The van der Waals surface area contributed by atoms with Gasteiger partial charge in [0.15, 0.2) is 0 Å². The summed E-state index contributed by atoms with van der Waals surface area (Å²) in [5, 5.41) is 12.4. The van der Waals surface area contributed by atoms with Gasteiger partial charge in [-0.05, 0) is 7.05 Å². The zero-order valence-electron chi connectivity index (χ0n) is 10.0. The molecule has 100 valence electrons. The predicted octanol–water partition coefficient (Wildman–Crippen LogP) is 0.390. The number of nitrogens with zero attached hydrogens (tertiary/aromatic N) is 3. The van der Waals surface area contributed by atoms with Crippen LogP contribution in [0.2, 0.25) is 0 Å². The monoisotopic (exact) mass is 273 g/mol. The van der Waals surface area contributed by atoms with Crippen LogP contribution in [0.3, 0.4) is 0 Å². The molecule has 0 amide bonds. The van der Waals surface area contributed by atoms with Gasteiger partial charge in [-0.25, -0.2) is 0 Å². The second kappa shape index (κ2) is 6.17. The first-order chi connectivity index (χ1) is 8.65. The van der Waals surface area contributed by atoms with Crippen molar-refractivity contribution in [1.29, 1.82) is 0 Å². The second-order valence-corrected chi connectivity index (χ2v) is 5.04. The van der Waals surface area contributed by atoms with Gasteiger partial charge in [0.1, 0.15) is 6.10 Å². The Labute approximate surface area is 108 Å². The van der Waals surface area contributed by atoms with Crippen LogP contribution in [0.15, 0.2) is 4.52 Å². The van der Waals surface area contributed by atoms with E-state index in [9.17, 15) is 4.79 Å². The molecule has 0 spiro atoms. The van der Waals surface area contributed by atoms with Gasteiger partial charge in [0.2, 0.25) is 11.7 Å². The molecule has 0 radical (unpaired) electrons. The molecule has 1 unspecified atom stereocenters. The summed E-state index contributed by atoms with van der Waals surface area (Å²) in [5.41, 5.74) is 0. The molecule has 7 nitrogen and oxygen atoms in total. The molecule has 8 heteroatoms. The highest BCUT2D eigenvalue weighted by Gasteiger charge is 2.24. The lowest BCUT2D eigenvalue weighted by molar-refractivity contribution is -0.133. The van der Waals surface area contributed by atoms with E-state index in [1.165, 1.54) is 11.8 Å². The second-order valence-electron chi connectivity index (χ2n) is 4.05. The fraction of sp³-hybridized carbons (Fsp3) is 0.700. The number of aromatic nitrogens is 2. The van der Waals surface area contributed by atoms with Crippen molar-refractivity contribution in [2.24, 2.45) is 0 Å². The summed E-state index contributed by atoms with van der Waals surface area (Å²) in [6.07, 6.45) is -0.161. The molecule has 0 aromatic carbocycles. The lowest BCUT2D eigenvalue weighted by Crippen LogP contribution is -2.35. The highest BCUT2D eigenvalue weighted by Crippen LogP contribution is 2.20. The highest BCUT2D eigenvalue weighted by molar-refractivity contribution is 7.99. The van der Waals surface area contributed by atoms with Crippen molar-refractivity contribution < 1.29 is 19.2 Å². The fourth-order valence-electron chi connectivity index (χ4n) is 1.62. The van der Waals surface area contributed by atoms with Crippen molar-refractivity contribution in [3.05, 3.63) is 11.7 Å². The quantitative estimate of drug-likeness (QED) is 0.824. The Morgan fingerprint density at radius 1 is 1.67 bits per heavy atom. The third-order valence-electron chi connectivity index (χ3n) is 2.49. The molecule has 1 aliphatic heterocycles. The molecule has 1 fully saturated rings. The van der Waals surface area contributed by atoms with Crippen molar-refractivity contribution in [3.63, 3.8) is 0 Å². The summed E-state index contributed by atoms with van der Waals surface area (Å²) in [6.45, 7) is 2.29. The van der Waals surface area contributed by atoms with Gasteiger partial charge in [-0.2, -0.15) is 4.98 Å². The van der Waals surface area contributed by atoms with Gasteiger partial charge in [0.25, 0.3) is 0 Å². The number of carbonyl (C=O) groups is 1. The van der Waals surface area contributed by atoms with Crippen LogP contribution in [0.25, 0.3) is 0 Å². The normalized spacial score (nSPS) is 21.1. The van der Waals surface area contributed by atoms with Crippen molar-refractivity contribution in [2.75, 3.05) is 32.5 Å². The maximum absolute atomic E-state index is 10.4. The minimum absolute atomic E-state index is 0.0282. The van der Waals surface area contributed by atoms with Gasteiger partial charge in [-0.1, -0.05) is 5.16 Å². The number of aliphatic carboxylic acids is 1. The van der Waals surface area contributed by atoms with E-state index in [-0.39, 0.29) is 11.9 Å². The third kappa shape index (κ3) is 3.69. The van der Waals surface area contributed by atoms with Gasteiger partial charge < -0.3 is 19.3 Å².